The monoisotopic (exact) mass is 349 g/mol. The van der Waals surface area contributed by atoms with E-state index >= 15 is 0 Å². The highest BCUT2D eigenvalue weighted by atomic mass is 19.1. The van der Waals surface area contributed by atoms with Gasteiger partial charge in [0.25, 0.3) is 0 Å². The lowest BCUT2D eigenvalue weighted by atomic mass is 9.98. The van der Waals surface area contributed by atoms with E-state index < -0.39 is 17.7 Å². The van der Waals surface area contributed by atoms with E-state index in [4.69, 9.17) is 4.74 Å². The second-order valence-electron chi connectivity index (χ2n) is 6.12. The summed E-state index contributed by atoms with van der Waals surface area (Å²) in [5.74, 6) is -1.31. The molecule has 0 saturated carbocycles. The first kappa shape index (κ1) is 16.1. The molecule has 3 aromatic rings. The number of ether oxygens (including phenoxy) is 1. The molecule has 0 saturated heterocycles. The molecule has 26 heavy (non-hydrogen) atoms. The van der Waals surface area contributed by atoms with Crippen LogP contribution in [0.2, 0.25) is 0 Å². The molecule has 0 spiro atoms. The van der Waals surface area contributed by atoms with Crippen molar-refractivity contribution >= 4 is 11.8 Å². The highest BCUT2D eigenvalue weighted by Crippen LogP contribution is 2.44. The van der Waals surface area contributed by atoms with Crippen LogP contribution < -0.4 is 5.32 Å². The molecule has 0 aromatic heterocycles. The Bertz CT molecular complexity index is 941. The van der Waals surface area contributed by atoms with E-state index in [1.807, 2.05) is 36.4 Å². The first-order chi connectivity index (χ1) is 12.6. The van der Waals surface area contributed by atoms with E-state index in [1.165, 1.54) is 6.07 Å². The van der Waals surface area contributed by atoms with Crippen LogP contribution in [0.3, 0.4) is 0 Å². The first-order valence-electron chi connectivity index (χ1n) is 8.24. The van der Waals surface area contributed by atoms with Crippen LogP contribution in [-0.4, -0.2) is 17.8 Å². The van der Waals surface area contributed by atoms with Crippen molar-refractivity contribution in [3.63, 3.8) is 0 Å². The molecule has 130 valence electrons. The number of benzene rings is 3. The van der Waals surface area contributed by atoms with Crippen LogP contribution in [0.25, 0.3) is 11.1 Å². The molecule has 3 aromatic carbocycles. The minimum Gasteiger partial charge on any atom is -0.505 e. The molecule has 1 aliphatic carbocycles. The molecule has 0 fully saturated rings. The molecule has 2 N–H and O–H groups in total. The minimum absolute atomic E-state index is 0.0326. The Labute approximate surface area is 149 Å². The van der Waals surface area contributed by atoms with E-state index in [1.54, 1.807) is 0 Å². The van der Waals surface area contributed by atoms with Gasteiger partial charge in [-0.3, -0.25) is 5.32 Å². The Morgan fingerprint density at radius 3 is 2.23 bits per heavy atom. The largest absolute Gasteiger partial charge is 0.505 e. The highest BCUT2D eigenvalue weighted by Gasteiger charge is 2.28. The molecule has 1 aliphatic rings. The van der Waals surface area contributed by atoms with Gasteiger partial charge in [0.2, 0.25) is 0 Å². The third-order valence-electron chi connectivity index (χ3n) is 4.54. The quantitative estimate of drug-likeness (QED) is 0.708. The number of amides is 1. The number of fused-ring (bicyclic) bond motifs is 3. The number of anilines is 1. The van der Waals surface area contributed by atoms with Crippen LogP contribution in [0.15, 0.2) is 66.7 Å². The molecular weight excluding hydrogens is 333 g/mol. The van der Waals surface area contributed by atoms with Crippen LogP contribution in [0.1, 0.15) is 17.0 Å². The van der Waals surface area contributed by atoms with Crippen molar-refractivity contribution in [1.29, 1.82) is 0 Å². The van der Waals surface area contributed by atoms with Gasteiger partial charge in [-0.25, -0.2) is 9.18 Å². The number of rotatable bonds is 3. The van der Waals surface area contributed by atoms with E-state index in [0.717, 1.165) is 34.4 Å². The maximum absolute atomic E-state index is 13.1. The smallest absolute Gasteiger partial charge is 0.411 e. The van der Waals surface area contributed by atoms with Gasteiger partial charge in [-0.1, -0.05) is 48.5 Å². The van der Waals surface area contributed by atoms with Gasteiger partial charge in [-0.15, -0.1) is 0 Å². The topological polar surface area (TPSA) is 58.6 Å². The van der Waals surface area contributed by atoms with Crippen LogP contribution in [0.4, 0.5) is 14.9 Å². The minimum atomic E-state index is -0.747. The molecular formula is C21H16FNO3. The first-order valence-corrected chi connectivity index (χ1v) is 8.24. The van der Waals surface area contributed by atoms with E-state index in [9.17, 15) is 14.3 Å². The van der Waals surface area contributed by atoms with Crippen molar-refractivity contribution in [2.45, 2.75) is 5.92 Å². The maximum atomic E-state index is 13.1. The molecule has 4 nitrogen and oxygen atoms in total. The van der Waals surface area contributed by atoms with Gasteiger partial charge in [-0.2, -0.15) is 0 Å². The highest BCUT2D eigenvalue weighted by molar-refractivity contribution is 5.85. The van der Waals surface area contributed by atoms with Gasteiger partial charge >= 0.3 is 6.09 Å². The molecule has 0 aliphatic heterocycles. The maximum Gasteiger partial charge on any atom is 0.411 e. The number of carbonyl (C=O) groups is 1. The molecule has 4 rings (SSSR count). The number of carbonyl (C=O) groups excluding carboxylic acids is 1. The Morgan fingerprint density at radius 1 is 1.00 bits per heavy atom. The van der Waals surface area contributed by atoms with E-state index in [-0.39, 0.29) is 18.2 Å². The van der Waals surface area contributed by atoms with Gasteiger partial charge in [0.1, 0.15) is 6.61 Å². The average Bonchev–Trinajstić information content (AvgIpc) is 2.97. The number of nitrogens with one attached hydrogen (secondary N) is 1. The lowest BCUT2D eigenvalue weighted by Gasteiger charge is -2.14. The zero-order valence-electron chi connectivity index (χ0n) is 13.8. The second-order valence-corrected chi connectivity index (χ2v) is 6.12. The average molecular weight is 349 g/mol. The third kappa shape index (κ3) is 2.88. The zero-order chi connectivity index (χ0) is 18.1. The van der Waals surface area contributed by atoms with Crippen molar-refractivity contribution in [3.05, 3.63) is 83.7 Å². The van der Waals surface area contributed by atoms with Crippen LogP contribution >= 0.6 is 0 Å². The van der Waals surface area contributed by atoms with Crippen molar-refractivity contribution < 1.29 is 19.0 Å². The predicted molar refractivity (Wildman–Crippen MR) is 96.8 cm³/mol. The molecule has 1 amide bonds. The summed E-state index contributed by atoms with van der Waals surface area (Å²) >= 11 is 0. The number of phenolic OH excluding ortho intramolecular Hbond substituents is 1. The van der Waals surface area contributed by atoms with Crippen molar-refractivity contribution in [1.82, 2.24) is 0 Å². The number of hydrogen-bond donors (Lipinski definition) is 2. The Morgan fingerprint density at radius 2 is 1.62 bits per heavy atom. The summed E-state index contributed by atoms with van der Waals surface area (Å²) in [6, 6.07) is 19.7. The molecule has 0 unspecified atom stereocenters. The summed E-state index contributed by atoms with van der Waals surface area (Å²) < 4.78 is 18.5. The van der Waals surface area contributed by atoms with Crippen molar-refractivity contribution in [3.8, 4) is 16.9 Å². The van der Waals surface area contributed by atoms with E-state index in [2.05, 4.69) is 17.4 Å². The Kier molecular flexibility index (Phi) is 4.05. The molecule has 0 heterocycles. The van der Waals surface area contributed by atoms with Gasteiger partial charge in [-0.05, 0) is 34.4 Å². The molecule has 0 atom stereocenters. The summed E-state index contributed by atoms with van der Waals surface area (Å²) in [5.41, 5.74) is 4.82. The fraction of sp³-hybridized carbons (Fsp3) is 0.0952. The molecule has 0 radical (unpaired) electrons. The van der Waals surface area contributed by atoms with Crippen LogP contribution in [-0.2, 0) is 4.74 Å². The van der Waals surface area contributed by atoms with E-state index in [0.29, 0.717) is 0 Å². The SMILES string of the molecule is O=C(Nc1ccc(F)c(O)c1)OCC1c2ccccc2-c2ccccc21. The fourth-order valence-electron chi connectivity index (χ4n) is 3.34. The lowest BCUT2D eigenvalue weighted by molar-refractivity contribution is 0.158. The summed E-state index contributed by atoms with van der Waals surface area (Å²) in [6.45, 7) is 0.188. The predicted octanol–water partition coefficient (Wildman–Crippen LogP) is 4.89. The van der Waals surface area contributed by atoms with Gasteiger partial charge in [0.05, 0.1) is 0 Å². The van der Waals surface area contributed by atoms with Gasteiger partial charge in [0.15, 0.2) is 11.6 Å². The van der Waals surface area contributed by atoms with Gasteiger partial charge in [0, 0.05) is 17.7 Å². The molecule has 0 bridgehead atoms. The summed E-state index contributed by atoms with van der Waals surface area (Å²) in [6.07, 6.45) is -0.655. The number of hydrogen-bond acceptors (Lipinski definition) is 3. The third-order valence-corrected chi connectivity index (χ3v) is 4.54. The van der Waals surface area contributed by atoms with Crippen LogP contribution in [0.5, 0.6) is 5.75 Å². The Balaban J connectivity index is 1.49. The summed E-state index contributed by atoms with van der Waals surface area (Å²) in [4.78, 5) is 12.1. The number of phenols is 1. The standard InChI is InChI=1S/C21H16FNO3/c22-19-10-9-13(11-20(19)24)23-21(25)26-12-18-16-7-3-1-5-14(16)15-6-2-4-8-17(15)18/h1-11,18,24H,12H2,(H,23,25). The number of halogens is 1. The fourth-order valence-corrected chi connectivity index (χ4v) is 3.34. The molecule has 5 heteroatoms. The lowest BCUT2D eigenvalue weighted by Crippen LogP contribution is -2.17. The van der Waals surface area contributed by atoms with Crippen LogP contribution in [0, 0.1) is 5.82 Å². The van der Waals surface area contributed by atoms with Gasteiger partial charge < -0.3 is 9.84 Å². The summed E-state index contributed by atoms with van der Waals surface area (Å²) in [7, 11) is 0. The Hall–Kier alpha value is -3.34. The summed E-state index contributed by atoms with van der Waals surface area (Å²) in [5, 5.41) is 11.9. The normalized spacial score (nSPS) is 12.3. The van der Waals surface area contributed by atoms with Crippen molar-refractivity contribution in [2.75, 3.05) is 11.9 Å². The second kappa shape index (κ2) is 6.52. The van der Waals surface area contributed by atoms with Crippen molar-refractivity contribution in [2.24, 2.45) is 0 Å². The number of aromatic hydroxyl groups is 1. The zero-order valence-corrected chi connectivity index (χ0v) is 13.8.